The molecule has 1 aromatic heterocycles. The Morgan fingerprint density at radius 1 is 1.47 bits per heavy atom. The lowest BCUT2D eigenvalue weighted by Crippen LogP contribution is -2.12. The third kappa shape index (κ3) is 1.95. The Morgan fingerprint density at radius 3 is 3.00 bits per heavy atom. The second-order valence-corrected chi connectivity index (χ2v) is 4.11. The molecule has 1 aliphatic rings. The normalized spacial score (nSPS) is 19.2. The number of rotatable bonds is 2. The molecule has 19 heavy (non-hydrogen) atoms. The van der Waals surface area contributed by atoms with Gasteiger partial charge in [0.15, 0.2) is 6.23 Å². The summed E-state index contributed by atoms with van der Waals surface area (Å²) in [4.78, 5) is 17.3. The summed E-state index contributed by atoms with van der Waals surface area (Å²) in [5.74, 6) is 0.579. The third-order valence-corrected chi connectivity index (χ3v) is 2.92. The van der Waals surface area contributed by atoms with Crippen molar-refractivity contribution < 1.29 is 10.0 Å². The zero-order valence-electron chi connectivity index (χ0n) is 9.70. The Bertz CT molecular complexity index is 664. The average Bonchev–Trinajstić information content (AvgIpc) is 2.98. The molecule has 1 unspecified atom stereocenters. The zero-order valence-corrected chi connectivity index (χ0v) is 9.70. The van der Waals surface area contributed by atoms with Gasteiger partial charge in [-0.3, -0.25) is 10.1 Å². The summed E-state index contributed by atoms with van der Waals surface area (Å²) in [6, 6.07) is 4.42. The first-order valence-corrected chi connectivity index (χ1v) is 5.59. The van der Waals surface area contributed by atoms with Crippen LogP contribution in [-0.4, -0.2) is 26.2 Å². The lowest BCUT2D eigenvalue weighted by Gasteiger charge is -2.03. The lowest BCUT2D eigenvalue weighted by atomic mass is 10.1. The van der Waals surface area contributed by atoms with Crippen molar-refractivity contribution >= 4 is 23.0 Å². The highest BCUT2D eigenvalue weighted by molar-refractivity contribution is 5.93. The molecule has 0 amide bonds. The fraction of sp³-hybridized carbons (Fsp3) is 0.0833. The van der Waals surface area contributed by atoms with Gasteiger partial charge in [0.2, 0.25) is 0 Å². The maximum absolute atomic E-state index is 10.8. The van der Waals surface area contributed by atoms with E-state index < -0.39 is 11.2 Å². The van der Waals surface area contributed by atoms with Gasteiger partial charge in [0.05, 0.1) is 4.92 Å². The SMILES string of the molecule is O=[N+]([O-])c1ccc2c(c1)/C(=C/c1ncc[nH]1)C(O)N2. The molecular formula is C12H10N4O3. The molecule has 0 spiro atoms. The molecule has 3 N–H and O–H groups in total. The maximum atomic E-state index is 10.8. The molecule has 2 heterocycles. The molecule has 1 aliphatic heterocycles. The minimum absolute atomic E-state index is 0.0139. The number of anilines is 1. The van der Waals surface area contributed by atoms with Crippen LogP contribution >= 0.6 is 0 Å². The highest BCUT2D eigenvalue weighted by atomic mass is 16.6. The largest absolute Gasteiger partial charge is 0.369 e. The van der Waals surface area contributed by atoms with Crippen LogP contribution in [0.25, 0.3) is 11.6 Å². The second-order valence-electron chi connectivity index (χ2n) is 4.11. The van der Waals surface area contributed by atoms with Gasteiger partial charge in [-0.15, -0.1) is 0 Å². The smallest absolute Gasteiger partial charge is 0.270 e. The van der Waals surface area contributed by atoms with Crippen LogP contribution in [0.3, 0.4) is 0 Å². The molecular weight excluding hydrogens is 248 g/mol. The van der Waals surface area contributed by atoms with Gasteiger partial charge >= 0.3 is 0 Å². The van der Waals surface area contributed by atoms with Crippen molar-refractivity contribution in [1.82, 2.24) is 9.97 Å². The van der Waals surface area contributed by atoms with Crippen LogP contribution in [0.2, 0.25) is 0 Å². The fourth-order valence-corrected chi connectivity index (χ4v) is 2.04. The number of H-pyrrole nitrogens is 1. The van der Waals surface area contributed by atoms with Crippen LogP contribution in [0.5, 0.6) is 0 Å². The van der Waals surface area contributed by atoms with Crippen LogP contribution in [-0.2, 0) is 0 Å². The molecule has 0 radical (unpaired) electrons. The summed E-state index contributed by atoms with van der Waals surface area (Å²) in [6.45, 7) is 0. The van der Waals surface area contributed by atoms with Crippen molar-refractivity contribution in [1.29, 1.82) is 0 Å². The molecule has 7 heteroatoms. The van der Waals surface area contributed by atoms with E-state index in [1.54, 1.807) is 24.5 Å². The predicted molar refractivity (Wildman–Crippen MR) is 69.2 cm³/mol. The minimum Gasteiger partial charge on any atom is -0.369 e. The summed E-state index contributed by atoms with van der Waals surface area (Å²) < 4.78 is 0. The second kappa shape index (κ2) is 4.21. The van der Waals surface area contributed by atoms with Gasteiger partial charge in [-0.1, -0.05) is 0 Å². The number of aromatic nitrogens is 2. The molecule has 3 rings (SSSR count). The first-order chi connectivity index (χ1) is 9.15. The molecule has 0 saturated carbocycles. The number of nitro groups is 1. The Morgan fingerprint density at radius 2 is 2.32 bits per heavy atom. The van der Waals surface area contributed by atoms with Gasteiger partial charge in [-0.05, 0) is 12.1 Å². The number of fused-ring (bicyclic) bond motifs is 1. The van der Waals surface area contributed by atoms with Gasteiger partial charge in [0.1, 0.15) is 5.82 Å². The summed E-state index contributed by atoms with van der Waals surface area (Å²) in [7, 11) is 0. The van der Waals surface area contributed by atoms with E-state index in [-0.39, 0.29) is 5.69 Å². The zero-order chi connectivity index (χ0) is 13.4. The number of non-ortho nitro benzene ring substituents is 1. The summed E-state index contributed by atoms with van der Waals surface area (Å²) in [5, 5.41) is 23.6. The van der Waals surface area contributed by atoms with E-state index in [1.165, 1.54) is 12.1 Å². The molecule has 1 aromatic carbocycles. The van der Waals surface area contributed by atoms with E-state index in [0.29, 0.717) is 22.6 Å². The number of nitrogens with zero attached hydrogens (tertiary/aromatic N) is 2. The lowest BCUT2D eigenvalue weighted by molar-refractivity contribution is -0.384. The van der Waals surface area contributed by atoms with E-state index in [4.69, 9.17) is 0 Å². The molecule has 0 bridgehead atoms. The van der Waals surface area contributed by atoms with E-state index in [9.17, 15) is 15.2 Å². The van der Waals surface area contributed by atoms with E-state index in [2.05, 4.69) is 15.3 Å². The van der Waals surface area contributed by atoms with Gasteiger partial charge < -0.3 is 15.4 Å². The van der Waals surface area contributed by atoms with Crippen molar-refractivity contribution in [3.8, 4) is 0 Å². The number of benzene rings is 1. The van der Waals surface area contributed by atoms with Gasteiger partial charge in [0.25, 0.3) is 5.69 Å². The van der Waals surface area contributed by atoms with Crippen LogP contribution in [0.15, 0.2) is 30.6 Å². The maximum Gasteiger partial charge on any atom is 0.270 e. The summed E-state index contributed by atoms with van der Waals surface area (Å²) >= 11 is 0. The average molecular weight is 258 g/mol. The van der Waals surface area contributed by atoms with Gasteiger partial charge in [0, 0.05) is 41.4 Å². The summed E-state index contributed by atoms with van der Waals surface area (Å²) in [6.07, 6.45) is 4.01. The van der Waals surface area contributed by atoms with Crippen molar-refractivity contribution in [2.24, 2.45) is 0 Å². The van der Waals surface area contributed by atoms with Crippen LogP contribution < -0.4 is 5.32 Å². The number of aliphatic hydroxyl groups is 1. The Balaban J connectivity index is 2.10. The van der Waals surface area contributed by atoms with Crippen molar-refractivity contribution in [2.75, 3.05) is 5.32 Å². The van der Waals surface area contributed by atoms with E-state index in [0.717, 1.165) is 0 Å². The molecule has 0 aliphatic carbocycles. The Labute approximate surface area is 107 Å². The van der Waals surface area contributed by atoms with Crippen LogP contribution in [0.4, 0.5) is 11.4 Å². The molecule has 1 atom stereocenters. The number of nitro benzene ring substituents is 1. The predicted octanol–water partition coefficient (Wildman–Crippen LogP) is 1.60. The van der Waals surface area contributed by atoms with E-state index >= 15 is 0 Å². The Hall–Kier alpha value is -2.67. The third-order valence-electron chi connectivity index (χ3n) is 2.92. The number of hydrogen-bond donors (Lipinski definition) is 3. The van der Waals surface area contributed by atoms with Gasteiger partial charge in [-0.2, -0.15) is 0 Å². The number of imidazole rings is 1. The monoisotopic (exact) mass is 258 g/mol. The quantitative estimate of drug-likeness (QED) is 0.560. The molecule has 0 fully saturated rings. The summed E-state index contributed by atoms with van der Waals surface area (Å²) in [5.41, 5.74) is 1.81. The van der Waals surface area contributed by atoms with Crippen molar-refractivity contribution in [2.45, 2.75) is 6.23 Å². The molecule has 2 aromatic rings. The van der Waals surface area contributed by atoms with Crippen LogP contribution in [0.1, 0.15) is 11.4 Å². The number of nitrogens with one attached hydrogen (secondary N) is 2. The Kier molecular flexibility index (Phi) is 2.53. The topological polar surface area (TPSA) is 104 Å². The molecule has 7 nitrogen and oxygen atoms in total. The van der Waals surface area contributed by atoms with E-state index in [1.807, 2.05) is 0 Å². The van der Waals surface area contributed by atoms with Crippen LogP contribution in [0, 0.1) is 10.1 Å². The molecule has 0 saturated heterocycles. The number of hydrogen-bond acceptors (Lipinski definition) is 5. The standard InChI is InChI=1S/C12H10N4O3/c17-12-9(6-11-13-3-4-14-11)8-5-7(16(18)19)1-2-10(8)15-12/h1-6,12,15,17H,(H,13,14)/b9-6-. The minimum atomic E-state index is -0.901. The highest BCUT2D eigenvalue weighted by Gasteiger charge is 2.26. The first-order valence-electron chi connectivity index (χ1n) is 5.59. The fourth-order valence-electron chi connectivity index (χ4n) is 2.04. The number of aliphatic hydroxyl groups excluding tert-OH is 1. The van der Waals surface area contributed by atoms with Crippen molar-refractivity contribution in [3.05, 3.63) is 52.1 Å². The molecule has 96 valence electrons. The van der Waals surface area contributed by atoms with Gasteiger partial charge in [-0.25, -0.2) is 4.98 Å². The number of aromatic amines is 1. The van der Waals surface area contributed by atoms with Crippen molar-refractivity contribution in [3.63, 3.8) is 0 Å². The first kappa shape index (κ1) is 11.4. The highest BCUT2D eigenvalue weighted by Crippen LogP contribution is 2.37.